The number of rotatable bonds is 8. The summed E-state index contributed by atoms with van der Waals surface area (Å²) < 4.78 is 2.65. The first kappa shape index (κ1) is 24.1. The normalized spacial score (nSPS) is 13.6. The molecule has 184 valence electrons. The van der Waals surface area contributed by atoms with Crippen LogP contribution in [-0.4, -0.2) is 59.1 Å². The zero-order valence-corrected chi connectivity index (χ0v) is 20.2. The summed E-state index contributed by atoms with van der Waals surface area (Å²) in [6.45, 7) is 6.20. The van der Waals surface area contributed by atoms with Crippen LogP contribution in [0.25, 0.3) is 11.7 Å². The van der Waals surface area contributed by atoms with Crippen LogP contribution in [0.15, 0.2) is 29.5 Å². The lowest BCUT2D eigenvalue weighted by atomic mass is 10.1. The van der Waals surface area contributed by atoms with Crippen molar-refractivity contribution in [3.8, 4) is 5.88 Å². The molecule has 0 atom stereocenters. The number of fused-ring (bicyclic) bond motifs is 1. The molecule has 3 aromatic rings. The van der Waals surface area contributed by atoms with Crippen LogP contribution in [0.3, 0.4) is 0 Å². The van der Waals surface area contributed by atoms with Gasteiger partial charge in [-0.05, 0) is 31.8 Å². The summed E-state index contributed by atoms with van der Waals surface area (Å²) in [6.07, 6.45) is 9.38. The lowest BCUT2D eigenvalue weighted by Crippen LogP contribution is -2.36. The van der Waals surface area contributed by atoms with Crippen molar-refractivity contribution in [1.29, 1.82) is 0 Å². The van der Waals surface area contributed by atoms with Crippen molar-refractivity contribution in [2.24, 2.45) is 5.92 Å². The molecule has 2 N–H and O–H groups in total. The van der Waals surface area contributed by atoms with Gasteiger partial charge < -0.3 is 15.3 Å². The average Bonchev–Trinajstić information content (AvgIpc) is 3.56. The van der Waals surface area contributed by atoms with Crippen LogP contribution in [0.4, 0.5) is 0 Å². The number of nitrogens with zero attached hydrogens (tertiary/aromatic N) is 6. The molecule has 11 heteroatoms. The molecular formula is C24H29N7O4. The van der Waals surface area contributed by atoms with Gasteiger partial charge in [0.05, 0.1) is 24.1 Å². The Balaban J connectivity index is 1.74. The molecule has 0 radical (unpaired) electrons. The Hall–Kier alpha value is -4.02. The first-order valence-corrected chi connectivity index (χ1v) is 11.5. The summed E-state index contributed by atoms with van der Waals surface area (Å²) in [7, 11) is 1.65. The van der Waals surface area contributed by atoms with E-state index < -0.39 is 17.3 Å². The third-order valence-electron chi connectivity index (χ3n) is 5.69. The van der Waals surface area contributed by atoms with Crippen molar-refractivity contribution in [1.82, 2.24) is 34.4 Å². The summed E-state index contributed by atoms with van der Waals surface area (Å²) in [5, 5.41) is 18.0. The highest BCUT2D eigenvalue weighted by molar-refractivity contribution is 5.97. The first-order valence-electron chi connectivity index (χ1n) is 11.5. The number of hydrogen-bond donors (Lipinski definition) is 2. The van der Waals surface area contributed by atoms with Gasteiger partial charge in [-0.25, -0.2) is 0 Å². The Morgan fingerprint density at radius 1 is 1.31 bits per heavy atom. The Labute approximate surface area is 202 Å². The smallest absolute Gasteiger partial charge is 0.270 e. The van der Waals surface area contributed by atoms with Gasteiger partial charge in [0.25, 0.3) is 11.5 Å². The number of aryl methyl sites for hydroxylation is 1. The van der Waals surface area contributed by atoms with E-state index in [1.807, 2.05) is 13.8 Å². The lowest BCUT2D eigenvalue weighted by Gasteiger charge is -2.15. The summed E-state index contributed by atoms with van der Waals surface area (Å²) in [5.74, 6) is -1.33. The third-order valence-corrected chi connectivity index (χ3v) is 5.69. The van der Waals surface area contributed by atoms with E-state index in [0.717, 1.165) is 12.8 Å². The standard InChI is InChI=1S/C24H29N7O4/c1-14(2)12-30-22-18(7-8-19(32)29(4)13-17-11-25-9-10-26-17)15(3)28-31(22)24(35)20(23(30)34)21(33)27-16-5-6-16/h7-11,14,16,35H,5-6,12-13H2,1-4H3,(H,27,33). The molecule has 3 aromatic heterocycles. The number of amides is 2. The molecule has 1 fully saturated rings. The van der Waals surface area contributed by atoms with Crippen molar-refractivity contribution in [3.63, 3.8) is 0 Å². The second-order valence-corrected chi connectivity index (χ2v) is 9.21. The summed E-state index contributed by atoms with van der Waals surface area (Å²) in [6, 6.07) is 0.0262. The number of aromatic hydroxyl groups is 1. The molecule has 35 heavy (non-hydrogen) atoms. The topological polar surface area (TPSA) is 135 Å². The Morgan fingerprint density at radius 2 is 2.06 bits per heavy atom. The Kier molecular flexibility index (Phi) is 6.68. The Morgan fingerprint density at radius 3 is 2.69 bits per heavy atom. The van der Waals surface area contributed by atoms with Gasteiger partial charge in [-0.15, -0.1) is 0 Å². The molecule has 0 saturated heterocycles. The number of nitrogens with one attached hydrogen (secondary N) is 1. The molecule has 0 aromatic carbocycles. The molecule has 2 amide bonds. The number of carbonyl (C=O) groups excluding carboxylic acids is 2. The molecule has 1 saturated carbocycles. The van der Waals surface area contributed by atoms with Crippen LogP contribution in [0, 0.1) is 12.8 Å². The second kappa shape index (κ2) is 9.69. The van der Waals surface area contributed by atoms with Gasteiger partial charge in [-0.2, -0.15) is 9.61 Å². The molecule has 0 spiro atoms. The van der Waals surface area contributed by atoms with Gasteiger partial charge in [0, 0.05) is 43.7 Å². The van der Waals surface area contributed by atoms with Crippen LogP contribution >= 0.6 is 0 Å². The molecule has 0 aliphatic heterocycles. The molecular weight excluding hydrogens is 450 g/mol. The van der Waals surface area contributed by atoms with E-state index >= 15 is 0 Å². The van der Waals surface area contributed by atoms with Gasteiger partial charge in [-0.1, -0.05) is 13.8 Å². The lowest BCUT2D eigenvalue weighted by molar-refractivity contribution is -0.125. The van der Waals surface area contributed by atoms with E-state index in [9.17, 15) is 19.5 Å². The largest absolute Gasteiger partial charge is 0.492 e. The minimum Gasteiger partial charge on any atom is -0.492 e. The maximum absolute atomic E-state index is 13.4. The molecule has 4 rings (SSSR count). The number of carbonyl (C=O) groups is 2. The van der Waals surface area contributed by atoms with Crippen molar-refractivity contribution < 1.29 is 14.7 Å². The maximum atomic E-state index is 13.4. The van der Waals surface area contributed by atoms with Crippen molar-refractivity contribution in [3.05, 3.63) is 57.5 Å². The van der Waals surface area contributed by atoms with E-state index in [4.69, 9.17) is 0 Å². The third kappa shape index (κ3) is 5.08. The van der Waals surface area contributed by atoms with Crippen LogP contribution in [0.5, 0.6) is 5.88 Å². The molecule has 3 heterocycles. The van der Waals surface area contributed by atoms with Crippen LogP contribution < -0.4 is 10.9 Å². The minimum atomic E-state index is -0.611. The van der Waals surface area contributed by atoms with E-state index in [2.05, 4.69) is 20.4 Å². The summed E-state index contributed by atoms with van der Waals surface area (Å²) in [4.78, 5) is 48.5. The highest BCUT2D eigenvalue weighted by atomic mass is 16.3. The summed E-state index contributed by atoms with van der Waals surface area (Å²) in [5.41, 5.74) is 1.05. The highest BCUT2D eigenvalue weighted by Gasteiger charge is 2.30. The predicted molar refractivity (Wildman–Crippen MR) is 129 cm³/mol. The SMILES string of the molecule is Cc1nn2c(O)c(C(=O)NC3CC3)c(=O)n(CC(C)C)c2c1C=CC(=O)N(C)Cc1cnccn1. The van der Waals surface area contributed by atoms with Crippen molar-refractivity contribution in [2.45, 2.75) is 52.7 Å². The van der Waals surface area contributed by atoms with Crippen molar-refractivity contribution in [2.75, 3.05) is 7.05 Å². The first-order chi connectivity index (χ1) is 16.7. The van der Waals surface area contributed by atoms with E-state index in [0.29, 0.717) is 29.1 Å². The molecule has 11 nitrogen and oxygen atoms in total. The maximum Gasteiger partial charge on any atom is 0.270 e. The molecule has 1 aliphatic carbocycles. The zero-order chi connectivity index (χ0) is 25.3. The van der Waals surface area contributed by atoms with Gasteiger partial charge in [-0.3, -0.25) is 28.9 Å². The fourth-order valence-corrected chi connectivity index (χ4v) is 3.80. The van der Waals surface area contributed by atoms with Crippen LogP contribution in [0.1, 0.15) is 54.0 Å². The van der Waals surface area contributed by atoms with Gasteiger partial charge >= 0.3 is 0 Å². The fraction of sp³-hybridized carbons (Fsp3) is 0.417. The minimum absolute atomic E-state index is 0.0262. The van der Waals surface area contributed by atoms with Crippen LogP contribution in [0.2, 0.25) is 0 Å². The second-order valence-electron chi connectivity index (χ2n) is 9.21. The van der Waals surface area contributed by atoms with E-state index in [-0.39, 0.29) is 30.0 Å². The summed E-state index contributed by atoms with van der Waals surface area (Å²) >= 11 is 0. The zero-order valence-electron chi connectivity index (χ0n) is 20.2. The number of aromatic nitrogens is 5. The average molecular weight is 480 g/mol. The fourth-order valence-electron chi connectivity index (χ4n) is 3.80. The van der Waals surface area contributed by atoms with Gasteiger partial charge in [0.15, 0.2) is 5.56 Å². The molecule has 0 bridgehead atoms. The Bertz CT molecular complexity index is 1350. The van der Waals surface area contributed by atoms with E-state index in [1.165, 1.54) is 20.1 Å². The van der Waals surface area contributed by atoms with Crippen molar-refractivity contribution >= 4 is 23.5 Å². The van der Waals surface area contributed by atoms with E-state index in [1.54, 1.807) is 38.6 Å². The van der Waals surface area contributed by atoms with Gasteiger partial charge in [0.2, 0.25) is 11.8 Å². The number of likely N-dealkylation sites (N-methyl/N-ethyl adjacent to an activating group) is 1. The van der Waals surface area contributed by atoms with Gasteiger partial charge in [0.1, 0.15) is 5.65 Å². The van der Waals surface area contributed by atoms with Crippen LogP contribution in [-0.2, 0) is 17.9 Å². The monoisotopic (exact) mass is 479 g/mol. The quantitative estimate of drug-likeness (QED) is 0.468. The number of hydrogen-bond acceptors (Lipinski definition) is 7. The predicted octanol–water partition coefficient (Wildman–Crippen LogP) is 1.52. The highest BCUT2D eigenvalue weighted by Crippen LogP contribution is 2.25. The molecule has 0 unspecified atom stereocenters. The molecule has 1 aliphatic rings.